The fraction of sp³-hybridized carbons (Fsp3) is 0.600. The van der Waals surface area contributed by atoms with E-state index in [1.165, 1.54) is 0 Å². The molecule has 0 aliphatic rings. The van der Waals surface area contributed by atoms with Crippen LogP contribution in [0.4, 0.5) is 0 Å². The summed E-state index contributed by atoms with van der Waals surface area (Å²) >= 11 is 12.4. The van der Waals surface area contributed by atoms with Gasteiger partial charge in [-0.15, -0.1) is 35.3 Å². The number of hydrogen-bond acceptors (Lipinski definition) is 0. The summed E-state index contributed by atoms with van der Waals surface area (Å²) in [4.78, 5) is 0. The van der Waals surface area contributed by atoms with E-state index in [2.05, 4.69) is 13.2 Å². The lowest BCUT2D eigenvalue weighted by Gasteiger charge is -2.14. The number of rotatable bonds is 8. The van der Waals surface area contributed by atoms with Gasteiger partial charge in [-0.3, -0.25) is 0 Å². The predicted molar refractivity (Wildman–Crippen MR) is 65.9 cm³/mol. The second-order valence-electron chi connectivity index (χ2n) is 3.22. The Bertz CT molecular complexity index is 155. The Labute approximate surface area is 92.0 Å². The van der Waals surface area contributed by atoms with Crippen LogP contribution in [0.2, 0.25) is 12.1 Å². The molecule has 0 aromatic carbocycles. The molecule has 0 aromatic heterocycles. The van der Waals surface area contributed by atoms with Crippen LogP contribution in [0.5, 0.6) is 0 Å². The van der Waals surface area contributed by atoms with Gasteiger partial charge >= 0.3 is 0 Å². The lowest BCUT2D eigenvalue weighted by molar-refractivity contribution is 0.807. The Morgan fingerprint density at radius 3 is 2.08 bits per heavy atom. The normalized spacial score (nSPS) is 11.2. The van der Waals surface area contributed by atoms with Crippen LogP contribution in [0.1, 0.15) is 25.7 Å². The molecule has 0 aromatic rings. The van der Waals surface area contributed by atoms with Gasteiger partial charge in [-0.2, -0.15) is 0 Å². The molecule has 0 spiro atoms. The van der Waals surface area contributed by atoms with Crippen molar-refractivity contribution in [1.29, 1.82) is 0 Å². The second-order valence-corrected chi connectivity index (χ2v) is 10.9. The highest BCUT2D eigenvalue weighted by Crippen LogP contribution is 2.29. The molecule has 76 valence electrons. The summed E-state index contributed by atoms with van der Waals surface area (Å²) in [7, 11) is 0. The molecule has 0 aliphatic heterocycles. The first-order chi connectivity index (χ1) is 6.12. The van der Waals surface area contributed by atoms with Gasteiger partial charge in [0.2, 0.25) is 0 Å². The largest absolute Gasteiger partial charge is 0.251 e. The van der Waals surface area contributed by atoms with E-state index in [0.717, 1.165) is 37.8 Å². The highest BCUT2D eigenvalue weighted by molar-refractivity contribution is 7.45. The first kappa shape index (κ1) is 13.3. The number of allylic oxidation sites excluding steroid dienone is 2. The Balaban J connectivity index is 3.49. The van der Waals surface area contributed by atoms with E-state index in [1.807, 2.05) is 12.2 Å². The molecule has 0 radical (unpaired) electrons. The van der Waals surface area contributed by atoms with E-state index in [0.29, 0.717) is 0 Å². The van der Waals surface area contributed by atoms with Crippen molar-refractivity contribution in [2.75, 3.05) is 0 Å². The molecule has 0 unspecified atom stereocenters. The third-order valence-electron chi connectivity index (χ3n) is 1.92. The summed E-state index contributed by atoms with van der Waals surface area (Å²) in [6.45, 7) is 5.41. The van der Waals surface area contributed by atoms with E-state index in [1.54, 1.807) is 0 Å². The average Bonchev–Trinajstić information content (AvgIpc) is 2.09. The lowest BCUT2D eigenvalue weighted by Crippen LogP contribution is -2.17. The average molecular weight is 237 g/mol. The summed E-state index contributed by atoms with van der Waals surface area (Å²) < 4.78 is 0. The molecule has 0 nitrogen and oxygen atoms in total. The van der Waals surface area contributed by atoms with Crippen LogP contribution in [0, 0.1) is 0 Å². The highest BCUT2D eigenvalue weighted by Gasteiger charge is 2.26. The van der Waals surface area contributed by atoms with Crippen LogP contribution in [-0.4, -0.2) is 6.69 Å². The first-order valence-corrected chi connectivity index (χ1v) is 9.16. The molecule has 0 rings (SSSR count). The fourth-order valence-electron chi connectivity index (χ4n) is 1.11. The molecule has 13 heavy (non-hydrogen) atoms. The quantitative estimate of drug-likeness (QED) is 0.245. The van der Waals surface area contributed by atoms with Gasteiger partial charge in [-0.1, -0.05) is 25.0 Å². The van der Waals surface area contributed by atoms with Gasteiger partial charge in [-0.25, -0.2) is 0 Å². The summed E-state index contributed by atoms with van der Waals surface area (Å²) in [5.41, 5.74) is 0. The Morgan fingerprint density at radius 1 is 0.923 bits per heavy atom. The Morgan fingerprint density at radius 2 is 1.54 bits per heavy atom. The Kier molecular flexibility index (Phi) is 7.82. The Hall–Kier alpha value is 0.277. The van der Waals surface area contributed by atoms with Crippen LogP contribution in [0.15, 0.2) is 25.3 Å². The highest BCUT2D eigenvalue weighted by atomic mass is 35.7. The van der Waals surface area contributed by atoms with Crippen molar-refractivity contribution in [2.24, 2.45) is 0 Å². The van der Waals surface area contributed by atoms with E-state index >= 15 is 0 Å². The van der Waals surface area contributed by atoms with Crippen LogP contribution >= 0.6 is 22.2 Å². The maximum Gasteiger partial charge on any atom is 0.251 e. The molecule has 0 fully saturated rings. The third-order valence-corrected chi connectivity index (χ3v) is 6.29. The summed E-state index contributed by atoms with van der Waals surface area (Å²) in [6, 6.07) is 1.94. The van der Waals surface area contributed by atoms with Gasteiger partial charge in [0.15, 0.2) is 0 Å². The fourth-order valence-corrected chi connectivity index (χ4v) is 4.21. The molecule has 0 aliphatic carbocycles. The maximum atomic E-state index is 6.22. The molecule has 0 bridgehead atoms. The van der Waals surface area contributed by atoms with Crippen molar-refractivity contribution in [3.05, 3.63) is 25.3 Å². The van der Waals surface area contributed by atoms with Crippen molar-refractivity contribution >= 4 is 28.9 Å². The summed E-state index contributed by atoms with van der Waals surface area (Å²) in [5.74, 6) is 0. The van der Waals surface area contributed by atoms with Crippen LogP contribution in [0.3, 0.4) is 0 Å². The smallest absolute Gasteiger partial charge is 0.146 e. The second kappa shape index (κ2) is 7.66. The van der Waals surface area contributed by atoms with Crippen molar-refractivity contribution in [2.45, 2.75) is 37.8 Å². The number of hydrogen-bond donors (Lipinski definition) is 0. The molecule has 0 saturated carbocycles. The van der Waals surface area contributed by atoms with Gasteiger partial charge in [0.1, 0.15) is 0 Å². The third kappa shape index (κ3) is 8.60. The summed E-state index contributed by atoms with van der Waals surface area (Å²) in [6.07, 6.45) is 8.13. The minimum atomic E-state index is -1.94. The van der Waals surface area contributed by atoms with Gasteiger partial charge in [0.25, 0.3) is 6.69 Å². The lowest BCUT2D eigenvalue weighted by atomic mass is 10.2. The zero-order valence-corrected chi connectivity index (χ0v) is 10.6. The van der Waals surface area contributed by atoms with Gasteiger partial charge in [0, 0.05) is 0 Å². The molecule has 0 amide bonds. The standard InChI is InChI=1S/C10H18Cl2Si/c1-3-5-7-8-10-13(11,12)9-6-4-2/h3-4H,1-2,5-10H2. The monoisotopic (exact) mass is 236 g/mol. The molecule has 0 saturated heterocycles. The maximum absolute atomic E-state index is 6.22. The van der Waals surface area contributed by atoms with Crippen LogP contribution < -0.4 is 0 Å². The van der Waals surface area contributed by atoms with E-state index in [-0.39, 0.29) is 0 Å². The zero-order chi connectivity index (χ0) is 10.2. The molecular formula is C10H18Cl2Si. The van der Waals surface area contributed by atoms with Crippen LogP contribution in [-0.2, 0) is 0 Å². The number of unbranched alkanes of at least 4 members (excludes halogenated alkanes) is 2. The van der Waals surface area contributed by atoms with Gasteiger partial charge in [0.05, 0.1) is 0 Å². The minimum absolute atomic E-state index is 0.938. The molecular weight excluding hydrogens is 219 g/mol. The van der Waals surface area contributed by atoms with Crippen LogP contribution in [0.25, 0.3) is 0 Å². The zero-order valence-electron chi connectivity index (χ0n) is 8.07. The topological polar surface area (TPSA) is 0 Å². The van der Waals surface area contributed by atoms with Gasteiger partial charge in [-0.05, 0) is 24.9 Å². The summed E-state index contributed by atoms with van der Waals surface area (Å²) in [5, 5.41) is 0. The van der Waals surface area contributed by atoms with Crippen molar-refractivity contribution in [1.82, 2.24) is 0 Å². The molecule has 0 heterocycles. The van der Waals surface area contributed by atoms with Crippen molar-refractivity contribution in [3.63, 3.8) is 0 Å². The van der Waals surface area contributed by atoms with E-state index in [9.17, 15) is 0 Å². The van der Waals surface area contributed by atoms with E-state index < -0.39 is 6.69 Å². The van der Waals surface area contributed by atoms with Crippen molar-refractivity contribution in [3.8, 4) is 0 Å². The predicted octanol–water partition coefficient (Wildman–Crippen LogP) is 4.84. The molecule has 0 atom stereocenters. The first-order valence-electron chi connectivity index (χ1n) is 4.72. The SMILES string of the molecule is C=CCCCC[Si](Cl)(Cl)CCC=C. The minimum Gasteiger partial charge on any atom is -0.146 e. The number of halogens is 2. The molecule has 3 heteroatoms. The van der Waals surface area contributed by atoms with Gasteiger partial charge < -0.3 is 0 Å². The van der Waals surface area contributed by atoms with E-state index in [4.69, 9.17) is 22.2 Å². The molecule has 0 N–H and O–H groups in total. The van der Waals surface area contributed by atoms with Crippen molar-refractivity contribution < 1.29 is 0 Å².